The predicted molar refractivity (Wildman–Crippen MR) is 72.3 cm³/mol. The van der Waals surface area contributed by atoms with E-state index in [1.807, 2.05) is 6.07 Å². The lowest BCUT2D eigenvalue weighted by molar-refractivity contribution is -0.132. The smallest absolute Gasteiger partial charge is 0.240 e. The van der Waals surface area contributed by atoms with Crippen LogP contribution in [-0.4, -0.2) is 11.9 Å². The zero-order valence-electron chi connectivity index (χ0n) is 11.0. The highest BCUT2D eigenvalue weighted by Gasteiger charge is 2.45. The fraction of sp³-hybridized carbons (Fsp3) is 0.500. The Morgan fingerprint density at radius 3 is 2.68 bits per heavy atom. The van der Waals surface area contributed by atoms with Crippen LogP contribution in [0.15, 0.2) is 24.3 Å². The molecule has 1 aromatic carbocycles. The van der Waals surface area contributed by atoms with Crippen LogP contribution in [0.3, 0.4) is 0 Å². The van der Waals surface area contributed by atoms with Crippen LogP contribution >= 0.6 is 0 Å². The van der Waals surface area contributed by atoms with Crippen molar-refractivity contribution in [3.8, 4) is 6.07 Å². The lowest BCUT2D eigenvalue weighted by Crippen LogP contribution is -2.49. The Labute approximate surface area is 113 Å². The molecule has 0 bridgehead atoms. The minimum Gasteiger partial charge on any atom is -0.352 e. The minimum absolute atomic E-state index is 0.0503. The number of benzene rings is 1. The molecule has 3 nitrogen and oxygen atoms in total. The molecule has 1 N–H and O–H groups in total. The molecule has 0 radical (unpaired) electrons. The second-order valence-corrected chi connectivity index (χ2v) is 5.73. The minimum atomic E-state index is -0.725. The third kappa shape index (κ3) is 2.12. The average Bonchev–Trinajstić information content (AvgIpc) is 2.38. The van der Waals surface area contributed by atoms with Crippen molar-refractivity contribution in [3.63, 3.8) is 0 Å². The third-order valence-corrected chi connectivity index (χ3v) is 4.54. The summed E-state index contributed by atoms with van der Waals surface area (Å²) in [6.07, 6.45) is 5.32. The van der Waals surface area contributed by atoms with Crippen molar-refractivity contribution in [1.29, 1.82) is 5.26 Å². The Morgan fingerprint density at radius 2 is 2.05 bits per heavy atom. The predicted octanol–water partition coefficient (Wildman–Crippen LogP) is 2.35. The first kappa shape index (κ1) is 12.2. The SMILES string of the molecule is N#CC1(C(=O)NC2CCc3ccccc3C2)CCC1. The van der Waals surface area contributed by atoms with Gasteiger partial charge in [-0.2, -0.15) is 5.26 Å². The van der Waals surface area contributed by atoms with E-state index < -0.39 is 5.41 Å². The molecule has 1 saturated carbocycles. The second kappa shape index (κ2) is 4.70. The standard InChI is InChI=1S/C16H18N2O/c17-11-16(8-3-9-16)15(19)18-14-7-6-12-4-1-2-5-13(12)10-14/h1-2,4-5,14H,3,6-10H2,(H,18,19). The van der Waals surface area contributed by atoms with Crippen LogP contribution in [0.4, 0.5) is 0 Å². The van der Waals surface area contributed by atoms with Gasteiger partial charge in [-0.3, -0.25) is 4.79 Å². The molecule has 1 amide bonds. The lowest BCUT2D eigenvalue weighted by atomic mass is 9.69. The van der Waals surface area contributed by atoms with E-state index in [1.54, 1.807) is 0 Å². The van der Waals surface area contributed by atoms with Gasteiger partial charge in [0.25, 0.3) is 0 Å². The number of nitriles is 1. The Bertz CT molecular complexity index is 540. The maximum atomic E-state index is 12.2. The molecule has 1 aromatic rings. The fourth-order valence-corrected chi connectivity index (χ4v) is 3.06. The molecule has 3 rings (SSSR count). The molecule has 19 heavy (non-hydrogen) atoms. The van der Waals surface area contributed by atoms with Crippen molar-refractivity contribution in [1.82, 2.24) is 5.32 Å². The zero-order valence-corrected chi connectivity index (χ0v) is 11.0. The molecule has 2 aliphatic carbocycles. The van der Waals surface area contributed by atoms with Crippen molar-refractivity contribution in [2.24, 2.45) is 5.41 Å². The monoisotopic (exact) mass is 254 g/mol. The number of aryl methyl sites for hydroxylation is 1. The first-order valence-electron chi connectivity index (χ1n) is 7.02. The summed E-state index contributed by atoms with van der Waals surface area (Å²) in [7, 11) is 0. The summed E-state index contributed by atoms with van der Waals surface area (Å²) in [5.41, 5.74) is 2.00. The van der Waals surface area contributed by atoms with Gasteiger partial charge in [0.1, 0.15) is 5.41 Å². The Morgan fingerprint density at radius 1 is 1.32 bits per heavy atom. The first-order chi connectivity index (χ1) is 9.23. The number of hydrogen-bond acceptors (Lipinski definition) is 2. The average molecular weight is 254 g/mol. The van der Waals surface area contributed by atoms with E-state index in [2.05, 4.69) is 29.6 Å². The van der Waals surface area contributed by atoms with E-state index in [0.29, 0.717) is 0 Å². The van der Waals surface area contributed by atoms with E-state index in [4.69, 9.17) is 0 Å². The quantitative estimate of drug-likeness (QED) is 0.880. The van der Waals surface area contributed by atoms with Gasteiger partial charge < -0.3 is 5.32 Å². The normalized spacial score (nSPS) is 23.6. The van der Waals surface area contributed by atoms with Gasteiger partial charge in [0.05, 0.1) is 6.07 Å². The fourth-order valence-electron chi connectivity index (χ4n) is 3.06. The van der Waals surface area contributed by atoms with E-state index in [0.717, 1.165) is 38.5 Å². The molecule has 0 spiro atoms. The molecular formula is C16H18N2O. The number of fused-ring (bicyclic) bond motifs is 1. The van der Waals surface area contributed by atoms with Crippen LogP contribution in [0.25, 0.3) is 0 Å². The number of nitrogens with zero attached hydrogens (tertiary/aromatic N) is 1. The lowest BCUT2D eigenvalue weighted by Gasteiger charge is -2.36. The summed E-state index contributed by atoms with van der Waals surface area (Å²) in [4.78, 5) is 12.2. The summed E-state index contributed by atoms with van der Waals surface area (Å²) in [6.45, 7) is 0. The van der Waals surface area contributed by atoms with Crippen molar-refractivity contribution in [3.05, 3.63) is 35.4 Å². The molecular weight excluding hydrogens is 236 g/mol. The number of carbonyl (C=O) groups excluding carboxylic acids is 1. The second-order valence-electron chi connectivity index (χ2n) is 5.73. The van der Waals surface area contributed by atoms with Gasteiger partial charge in [-0.25, -0.2) is 0 Å². The maximum Gasteiger partial charge on any atom is 0.240 e. The molecule has 1 fully saturated rings. The molecule has 1 unspecified atom stereocenters. The van der Waals surface area contributed by atoms with Gasteiger partial charge in [-0.1, -0.05) is 24.3 Å². The number of rotatable bonds is 2. The van der Waals surface area contributed by atoms with Crippen molar-refractivity contribution in [2.45, 2.75) is 44.6 Å². The number of nitrogens with one attached hydrogen (secondary N) is 1. The maximum absolute atomic E-state index is 12.2. The molecule has 0 aromatic heterocycles. The van der Waals surface area contributed by atoms with Gasteiger partial charge >= 0.3 is 0 Å². The van der Waals surface area contributed by atoms with Gasteiger partial charge in [-0.05, 0) is 49.7 Å². The molecule has 0 saturated heterocycles. The van der Waals surface area contributed by atoms with Gasteiger partial charge in [0.15, 0.2) is 0 Å². The topological polar surface area (TPSA) is 52.9 Å². The number of amides is 1. The van der Waals surface area contributed by atoms with Crippen LogP contribution in [-0.2, 0) is 17.6 Å². The first-order valence-corrected chi connectivity index (χ1v) is 7.02. The van der Waals surface area contributed by atoms with Gasteiger partial charge in [0.2, 0.25) is 5.91 Å². The summed E-state index contributed by atoms with van der Waals surface area (Å²) >= 11 is 0. The number of carbonyl (C=O) groups is 1. The van der Waals surface area contributed by atoms with Gasteiger partial charge in [-0.15, -0.1) is 0 Å². The molecule has 0 heterocycles. The third-order valence-electron chi connectivity index (χ3n) is 4.54. The summed E-state index contributed by atoms with van der Waals surface area (Å²) < 4.78 is 0. The Hall–Kier alpha value is -1.82. The van der Waals surface area contributed by atoms with Crippen molar-refractivity contribution in [2.75, 3.05) is 0 Å². The van der Waals surface area contributed by atoms with E-state index in [1.165, 1.54) is 11.1 Å². The van der Waals surface area contributed by atoms with Crippen LogP contribution in [0.1, 0.15) is 36.8 Å². The highest BCUT2D eigenvalue weighted by molar-refractivity contribution is 5.86. The van der Waals surface area contributed by atoms with Crippen LogP contribution < -0.4 is 5.32 Å². The Kier molecular flexibility index (Phi) is 3.02. The highest BCUT2D eigenvalue weighted by Crippen LogP contribution is 2.40. The largest absolute Gasteiger partial charge is 0.352 e. The van der Waals surface area contributed by atoms with Crippen LogP contribution in [0.2, 0.25) is 0 Å². The van der Waals surface area contributed by atoms with E-state index in [-0.39, 0.29) is 11.9 Å². The van der Waals surface area contributed by atoms with Crippen LogP contribution in [0, 0.1) is 16.7 Å². The molecule has 98 valence electrons. The highest BCUT2D eigenvalue weighted by atomic mass is 16.2. The van der Waals surface area contributed by atoms with Crippen molar-refractivity contribution >= 4 is 5.91 Å². The molecule has 3 heteroatoms. The van der Waals surface area contributed by atoms with E-state index >= 15 is 0 Å². The molecule has 1 atom stereocenters. The van der Waals surface area contributed by atoms with Gasteiger partial charge in [0, 0.05) is 6.04 Å². The Balaban J connectivity index is 1.67. The summed E-state index contributed by atoms with van der Waals surface area (Å²) in [5, 5.41) is 12.3. The van der Waals surface area contributed by atoms with E-state index in [9.17, 15) is 10.1 Å². The summed E-state index contributed by atoms with van der Waals surface area (Å²) in [6, 6.07) is 10.8. The van der Waals surface area contributed by atoms with Crippen molar-refractivity contribution < 1.29 is 4.79 Å². The zero-order chi connectivity index (χ0) is 13.3. The number of hydrogen-bond donors (Lipinski definition) is 1. The summed E-state index contributed by atoms with van der Waals surface area (Å²) in [5.74, 6) is -0.0503. The molecule has 2 aliphatic rings. The molecule has 0 aliphatic heterocycles. The van der Waals surface area contributed by atoms with Crippen LogP contribution in [0.5, 0.6) is 0 Å².